The van der Waals surface area contributed by atoms with Crippen molar-refractivity contribution < 1.29 is 13.9 Å². The lowest BCUT2D eigenvalue weighted by Gasteiger charge is -2.35. The molecule has 0 spiro atoms. The summed E-state index contributed by atoms with van der Waals surface area (Å²) in [6.45, 7) is 4.42. The SMILES string of the molecule is Cc1ccc(Nc2ccc(N3CCN(C(=O)c4cccc(Oc5ccc(F)cc5)c4)CC3)nn2)nc1. The number of aryl methyl sites for hydroxylation is 1. The van der Waals surface area contributed by atoms with Crippen LogP contribution in [0.4, 0.5) is 21.8 Å². The Kier molecular flexibility index (Phi) is 6.70. The molecular formula is C27H25FN6O2. The molecule has 9 heteroatoms. The molecule has 4 aromatic rings. The number of ether oxygens (including phenoxy) is 1. The van der Waals surface area contributed by atoms with E-state index in [4.69, 9.17) is 4.74 Å². The number of hydrogen-bond acceptors (Lipinski definition) is 7. The highest BCUT2D eigenvalue weighted by Crippen LogP contribution is 2.24. The summed E-state index contributed by atoms with van der Waals surface area (Å²) in [5.41, 5.74) is 1.63. The molecule has 8 nitrogen and oxygen atoms in total. The topological polar surface area (TPSA) is 83.5 Å². The zero-order chi connectivity index (χ0) is 24.9. The van der Waals surface area contributed by atoms with Gasteiger partial charge in [0.25, 0.3) is 5.91 Å². The largest absolute Gasteiger partial charge is 0.457 e. The minimum absolute atomic E-state index is 0.0598. The lowest BCUT2D eigenvalue weighted by molar-refractivity contribution is 0.0746. The third kappa shape index (κ3) is 5.57. The van der Waals surface area contributed by atoms with E-state index in [1.807, 2.05) is 36.1 Å². The molecule has 0 aliphatic carbocycles. The normalized spacial score (nSPS) is 13.4. The second-order valence-corrected chi connectivity index (χ2v) is 8.49. The Morgan fingerprint density at radius 3 is 2.36 bits per heavy atom. The Balaban J connectivity index is 1.17. The van der Waals surface area contributed by atoms with Gasteiger partial charge in [0.1, 0.15) is 23.1 Å². The number of piperazine rings is 1. The van der Waals surface area contributed by atoms with Crippen LogP contribution in [0.25, 0.3) is 0 Å². The van der Waals surface area contributed by atoms with Crippen molar-refractivity contribution >= 4 is 23.4 Å². The molecule has 1 aliphatic heterocycles. The summed E-state index contributed by atoms with van der Waals surface area (Å²) in [5.74, 6) is 2.73. The van der Waals surface area contributed by atoms with E-state index in [2.05, 4.69) is 25.4 Å². The van der Waals surface area contributed by atoms with Crippen molar-refractivity contribution in [2.45, 2.75) is 6.92 Å². The molecule has 1 N–H and O–H groups in total. The molecule has 182 valence electrons. The van der Waals surface area contributed by atoms with E-state index in [-0.39, 0.29) is 11.7 Å². The molecule has 0 bridgehead atoms. The highest BCUT2D eigenvalue weighted by molar-refractivity contribution is 5.94. The van der Waals surface area contributed by atoms with Crippen LogP contribution in [0.3, 0.4) is 0 Å². The zero-order valence-corrected chi connectivity index (χ0v) is 19.8. The number of halogens is 1. The summed E-state index contributed by atoms with van der Waals surface area (Å²) in [4.78, 5) is 21.3. The third-order valence-corrected chi connectivity index (χ3v) is 5.84. The highest BCUT2D eigenvalue weighted by Gasteiger charge is 2.23. The number of benzene rings is 2. The first-order valence-corrected chi connectivity index (χ1v) is 11.6. The maximum Gasteiger partial charge on any atom is 0.254 e. The van der Waals surface area contributed by atoms with Gasteiger partial charge >= 0.3 is 0 Å². The fourth-order valence-electron chi connectivity index (χ4n) is 3.89. The number of amides is 1. The Morgan fingerprint density at radius 2 is 1.67 bits per heavy atom. The molecule has 0 saturated carbocycles. The van der Waals surface area contributed by atoms with Gasteiger partial charge in [-0.3, -0.25) is 4.79 Å². The van der Waals surface area contributed by atoms with E-state index in [1.54, 1.807) is 42.6 Å². The van der Waals surface area contributed by atoms with Gasteiger partial charge in [0.2, 0.25) is 0 Å². The Hall–Kier alpha value is -4.53. The van der Waals surface area contributed by atoms with Gasteiger partial charge in [0.15, 0.2) is 11.6 Å². The number of nitrogens with one attached hydrogen (secondary N) is 1. The second-order valence-electron chi connectivity index (χ2n) is 8.49. The molecule has 2 aromatic carbocycles. The van der Waals surface area contributed by atoms with E-state index in [0.29, 0.717) is 54.9 Å². The quantitative estimate of drug-likeness (QED) is 0.420. The predicted molar refractivity (Wildman–Crippen MR) is 135 cm³/mol. The molecule has 3 heterocycles. The first kappa shape index (κ1) is 23.2. The van der Waals surface area contributed by atoms with Gasteiger partial charge in [-0.05, 0) is 73.2 Å². The van der Waals surface area contributed by atoms with Crippen molar-refractivity contribution in [2.24, 2.45) is 0 Å². The summed E-state index contributed by atoms with van der Waals surface area (Å²) in [6.07, 6.45) is 1.79. The maximum atomic E-state index is 13.1. The van der Waals surface area contributed by atoms with Crippen LogP contribution in [0.5, 0.6) is 11.5 Å². The number of nitrogens with zero attached hydrogens (tertiary/aromatic N) is 5. The molecule has 5 rings (SSSR count). The summed E-state index contributed by atoms with van der Waals surface area (Å²) in [6, 6.07) is 20.4. The fraction of sp³-hybridized carbons (Fsp3) is 0.185. The average Bonchev–Trinajstić information content (AvgIpc) is 2.92. The summed E-state index contributed by atoms with van der Waals surface area (Å²) >= 11 is 0. The van der Waals surface area contributed by atoms with Crippen LogP contribution in [0.2, 0.25) is 0 Å². The second kappa shape index (κ2) is 10.4. The van der Waals surface area contributed by atoms with Gasteiger partial charge in [0.05, 0.1) is 0 Å². The van der Waals surface area contributed by atoms with E-state index in [1.165, 1.54) is 12.1 Å². The molecular weight excluding hydrogens is 459 g/mol. The fourth-order valence-corrected chi connectivity index (χ4v) is 3.89. The van der Waals surface area contributed by atoms with Crippen molar-refractivity contribution in [3.8, 4) is 11.5 Å². The third-order valence-electron chi connectivity index (χ3n) is 5.84. The number of rotatable bonds is 6. The summed E-state index contributed by atoms with van der Waals surface area (Å²) in [7, 11) is 0. The molecule has 1 aliphatic rings. The molecule has 0 atom stereocenters. The Labute approximate surface area is 208 Å². The number of anilines is 3. The van der Waals surface area contributed by atoms with Crippen LogP contribution in [0, 0.1) is 12.7 Å². The number of carbonyl (C=O) groups is 1. The monoisotopic (exact) mass is 484 g/mol. The van der Waals surface area contributed by atoms with E-state index >= 15 is 0 Å². The first-order valence-electron chi connectivity index (χ1n) is 11.6. The molecule has 1 fully saturated rings. The molecule has 1 saturated heterocycles. The Morgan fingerprint density at radius 1 is 0.889 bits per heavy atom. The minimum Gasteiger partial charge on any atom is -0.457 e. The number of carbonyl (C=O) groups excluding carboxylic acids is 1. The van der Waals surface area contributed by atoms with Crippen LogP contribution < -0.4 is 15.0 Å². The molecule has 0 radical (unpaired) electrons. The summed E-state index contributed by atoms with van der Waals surface area (Å²) in [5, 5.41) is 11.7. The lowest BCUT2D eigenvalue weighted by atomic mass is 10.1. The van der Waals surface area contributed by atoms with Crippen molar-refractivity contribution in [1.29, 1.82) is 0 Å². The molecule has 36 heavy (non-hydrogen) atoms. The van der Waals surface area contributed by atoms with Gasteiger partial charge in [-0.2, -0.15) is 0 Å². The van der Waals surface area contributed by atoms with Crippen LogP contribution in [0.1, 0.15) is 15.9 Å². The van der Waals surface area contributed by atoms with E-state index in [9.17, 15) is 9.18 Å². The maximum absolute atomic E-state index is 13.1. The van der Waals surface area contributed by atoms with Gasteiger partial charge in [-0.25, -0.2) is 9.37 Å². The smallest absolute Gasteiger partial charge is 0.254 e. The molecule has 0 unspecified atom stereocenters. The van der Waals surface area contributed by atoms with Crippen LogP contribution in [-0.4, -0.2) is 52.2 Å². The molecule has 2 aromatic heterocycles. The first-order chi connectivity index (χ1) is 17.5. The highest BCUT2D eigenvalue weighted by atomic mass is 19.1. The van der Waals surface area contributed by atoms with Gasteiger partial charge in [0, 0.05) is 37.9 Å². The number of aromatic nitrogens is 3. The number of hydrogen-bond donors (Lipinski definition) is 1. The van der Waals surface area contributed by atoms with Crippen molar-refractivity contribution in [3.05, 3.63) is 95.9 Å². The minimum atomic E-state index is -0.330. The van der Waals surface area contributed by atoms with Gasteiger partial charge < -0.3 is 19.9 Å². The van der Waals surface area contributed by atoms with Gasteiger partial charge in [-0.1, -0.05) is 12.1 Å². The van der Waals surface area contributed by atoms with Crippen LogP contribution >= 0.6 is 0 Å². The molecule has 1 amide bonds. The lowest BCUT2D eigenvalue weighted by Crippen LogP contribution is -2.49. The van der Waals surface area contributed by atoms with Crippen molar-refractivity contribution in [2.75, 3.05) is 36.4 Å². The van der Waals surface area contributed by atoms with E-state index < -0.39 is 0 Å². The summed E-state index contributed by atoms with van der Waals surface area (Å²) < 4.78 is 18.9. The van der Waals surface area contributed by atoms with Crippen molar-refractivity contribution in [3.63, 3.8) is 0 Å². The average molecular weight is 485 g/mol. The van der Waals surface area contributed by atoms with Crippen molar-refractivity contribution in [1.82, 2.24) is 20.1 Å². The van der Waals surface area contributed by atoms with Crippen LogP contribution in [-0.2, 0) is 0 Å². The van der Waals surface area contributed by atoms with Gasteiger partial charge in [-0.15, -0.1) is 10.2 Å². The van der Waals surface area contributed by atoms with E-state index in [0.717, 1.165) is 11.4 Å². The standard InChI is InChI=1S/C27H25FN6O2/c1-19-5-10-24(29-18-19)30-25-11-12-26(32-31-25)33-13-15-34(16-14-33)27(35)20-3-2-4-23(17-20)36-22-8-6-21(28)7-9-22/h2-12,17-18H,13-16H2,1H3,(H,29,30,31). The Bertz CT molecular complexity index is 1320. The zero-order valence-electron chi connectivity index (χ0n) is 19.8. The number of pyridine rings is 1. The van der Waals surface area contributed by atoms with Crippen LogP contribution in [0.15, 0.2) is 79.0 Å². The predicted octanol–water partition coefficient (Wildman–Crippen LogP) is 4.82.